The molecule has 1 aromatic heterocycles. The quantitative estimate of drug-likeness (QED) is 0.868. The molecule has 1 aromatic carbocycles. The smallest absolute Gasteiger partial charge is 0.387 e. The Kier molecular flexibility index (Phi) is 4.19. The fourth-order valence-electron chi connectivity index (χ4n) is 1.45. The number of halogens is 2. The van der Waals surface area contributed by atoms with Gasteiger partial charge in [-0.3, -0.25) is 0 Å². The van der Waals surface area contributed by atoms with E-state index in [1.807, 2.05) is 0 Å². The molecule has 0 saturated heterocycles. The molecule has 5 nitrogen and oxygen atoms in total. The molecule has 0 amide bonds. The zero-order valence-electron chi connectivity index (χ0n) is 9.88. The lowest BCUT2D eigenvalue weighted by molar-refractivity contribution is -0.0497. The molecule has 0 spiro atoms. The van der Waals surface area contributed by atoms with Crippen LogP contribution in [0.5, 0.6) is 5.75 Å². The summed E-state index contributed by atoms with van der Waals surface area (Å²) in [6.45, 7) is -2.56. The molecule has 2 rings (SSSR count). The largest absolute Gasteiger partial charge is 0.435 e. The predicted molar refractivity (Wildman–Crippen MR) is 66.3 cm³/mol. The van der Waals surface area contributed by atoms with Crippen LogP contribution in [0.2, 0.25) is 0 Å². The number of nitrogens with zero attached hydrogens (tertiary/aromatic N) is 2. The maximum Gasteiger partial charge on any atom is 0.387 e. The highest BCUT2D eigenvalue weighted by Crippen LogP contribution is 2.21. The highest BCUT2D eigenvalue weighted by Gasteiger charge is 2.05. The van der Waals surface area contributed by atoms with Crippen molar-refractivity contribution in [2.45, 2.75) is 13.2 Å². The van der Waals surface area contributed by atoms with E-state index in [0.29, 0.717) is 23.9 Å². The van der Waals surface area contributed by atoms with Gasteiger partial charge >= 0.3 is 6.61 Å². The second-order valence-electron chi connectivity index (χ2n) is 3.61. The minimum Gasteiger partial charge on any atom is -0.435 e. The van der Waals surface area contributed by atoms with E-state index in [0.717, 1.165) is 0 Å². The third kappa shape index (κ3) is 3.85. The standard InChI is InChI=1S/C12H12F2N4O/c13-11(14)19-10-3-1-2-8(6-10)17-12-16-5-4-9(7-15)18-12/h1-6,11H,7,15H2,(H,16,17,18). The van der Waals surface area contributed by atoms with Crippen molar-refractivity contribution in [1.29, 1.82) is 0 Å². The van der Waals surface area contributed by atoms with Gasteiger partial charge in [-0.05, 0) is 18.2 Å². The monoisotopic (exact) mass is 266 g/mol. The summed E-state index contributed by atoms with van der Waals surface area (Å²) in [7, 11) is 0. The Labute approximate surface area is 108 Å². The number of anilines is 2. The van der Waals surface area contributed by atoms with E-state index in [4.69, 9.17) is 5.73 Å². The van der Waals surface area contributed by atoms with Crippen LogP contribution in [0, 0.1) is 0 Å². The number of ether oxygens (including phenoxy) is 1. The first-order valence-corrected chi connectivity index (χ1v) is 5.51. The summed E-state index contributed by atoms with van der Waals surface area (Å²) in [5, 5.41) is 2.89. The zero-order chi connectivity index (χ0) is 13.7. The van der Waals surface area contributed by atoms with Gasteiger partial charge in [-0.25, -0.2) is 9.97 Å². The van der Waals surface area contributed by atoms with Crippen molar-refractivity contribution in [1.82, 2.24) is 9.97 Å². The average molecular weight is 266 g/mol. The predicted octanol–water partition coefficient (Wildman–Crippen LogP) is 2.28. The summed E-state index contributed by atoms with van der Waals surface area (Å²) < 4.78 is 28.5. The fourth-order valence-corrected chi connectivity index (χ4v) is 1.45. The number of benzene rings is 1. The summed E-state index contributed by atoms with van der Waals surface area (Å²) >= 11 is 0. The maximum absolute atomic E-state index is 12.1. The van der Waals surface area contributed by atoms with E-state index in [2.05, 4.69) is 20.0 Å². The number of aromatic nitrogens is 2. The molecule has 2 aromatic rings. The molecule has 0 saturated carbocycles. The van der Waals surface area contributed by atoms with Gasteiger partial charge in [-0.2, -0.15) is 8.78 Å². The number of rotatable bonds is 5. The van der Waals surface area contributed by atoms with Gasteiger partial charge in [0.15, 0.2) is 0 Å². The van der Waals surface area contributed by atoms with Crippen LogP contribution >= 0.6 is 0 Å². The van der Waals surface area contributed by atoms with Crippen LogP contribution in [0.25, 0.3) is 0 Å². The number of nitrogens with two attached hydrogens (primary N) is 1. The highest BCUT2D eigenvalue weighted by molar-refractivity contribution is 5.55. The minimum absolute atomic E-state index is 0.0648. The molecular formula is C12H12F2N4O. The summed E-state index contributed by atoms with van der Waals surface area (Å²) in [4.78, 5) is 8.15. The molecule has 3 N–H and O–H groups in total. The van der Waals surface area contributed by atoms with Crippen LogP contribution in [0.3, 0.4) is 0 Å². The molecule has 0 aliphatic rings. The molecule has 0 fully saturated rings. The van der Waals surface area contributed by atoms with E-state index in [-0.39, 0.29) is 5.75 Å². The Balaban J connectivity index is 2.13. The van der Waals surface area contributed by atoms with Crippen molar-refractivity contribution in [3.8, 4) is 5.75 Å². The van der Waals surface area contributed by atoms with Crippen molar-refractivity contribution in [2.24, 2.45) is 5.73 Å². The van der Waals surface area contributed by atoms with Gasteiger partial charge in [0.2, 0.25) is 5.95 Å². The summed E-state index contributed by atoms with van der Waals surface area (Å²) in [5.41, 5.74) is 6.70. The Morgan fingerprint density at radius 1 is 1.32 bits per heavy atom. The Hall–Kier alpha value is -2.28. The summed E-state index contributed by atoms with van der Waals surface area (Å²) in [5.74, 6) is 0.409. The van der Waals surface area contributed by atoms with Crippen LogP contribution in [-0.2, 0) is 6.54 Å². The molecule has 0 radical (unpaired) electrons. The third-order valence-electron chi connectivity index (χ3n) is 2.24. The van der Waals surface area contributed by atoms with Gasteiger partial charge in [0.25, 0.3) is 0 Å². The van der Waals surface area contributed by atoms with Crippen molar-refractivity contribution < 1.29 is 13.5 Å². The second kappa shape index (κ2) is 6.05. The van der Waals surface area contributed by atoms with Crippen LogP contribution in [-0.4, -0.2) is 16.6 Å². The van der Waals surface area contributed by atoms with Gasteiger partial charge in [0, 0.05) is 24.5 Å². The Morgan fingerprint density at radius 2 is 2.16 bits per heavy atom. The molecular weight excluding hydrogens is 254 g/mol. The molecule has 19 heavy (non-hydrogen) atoms. The van der Waals surface area contributed by atoms with Gasteiger partial charge < -0.3 is 15.8 Å². The Morgan fingerprint density at radius 3 is 2.89 bits per heavy atom. The van der Waals surface area contributed by atoms with Crippen molar-refractivity contribution in [3.05, 3.63) is 42.2 Å². The lowest BCUT2D eigenvalue weighted by atomic mass is 10.3. The first kappa shape index (κ1) is 13.2. The molecule has 0 atom stereocenters. The lowest BCUT2D eigenvalue weighted by Crippen LogP contribution is -2.04. The first-order chi connectivity index (χ1) is 9.17. The number of alkyl halides is 2. The zero-order valence-corrected chi connectivity index (χ0v) is 9.88. The van der Waals surface area contributed by atoms with Crippen molar-refractivity contribution >= 4 is 11.6 Å². The number of nitrogens with one attached hydrogen (secondary N) is 1. The molecule has 1 heterocycles. The molecule has 0 aliphatic heterocycles. The topological polar surface area (TPSA) is 73.1 Å². The normalized spacial score (nSPS) is 10.5. The molecule has 100 valence electrons. The SMILES string of the molecule is NCc1ccnc(Nc2cccc(OC(F)F)c2)n1. The average Bonchev–Trinajstić information content (AvgIpc) is 2.38. The van der Waals surface area contributed by atoms with Crippen LogP contribution < -0.4 is 15.8 Å². The van der Waals surface area contributed by atoms with Crippen LogP contribution in [0.15, 0.2) is 36.5 Å². The van der Waals surface area contributed by atoms with Crippen LogP contribution in [0.4, 0.5) is 20.4 Å². The molecule has 7 heteroatoms. The summed E-state index contributed by atoms with van der Waals surface area (Å²) in [6.07, 6.45) is 1.57. The first-order valence-electron chi connectivity index (χ1n) is 5.51. The van der Waals surface area contributed by atoms with Gasteiger partial charge in [-0.15, -0.1) is 0 Å². The molecule has 0 unspecified atom stereocenters. The number of hydrogen-bond donors (Lipinski definition) is 2. The Bertz CT molecular complexity index is 551. The van der Waals surface area contributed by atoms with E-state index < -0.39 is 6.61 Å². The second-order valence-corrected chi connectivity index (χ2v) is 3.61. The van der Waals surface area contributed by atoms with Gasteiger partial charge in [0.1, 0.15) is 5.75 Å². The third-order valence-corrected chi connectivity index (χ3v) is 2.24. The van der Waals surface area contributed by atoms with E-state index in [9.17, 15) is 8.78 Å². The number of hydrogen-bond acceptors (Lipinski definition) is 5. The van der Waals surface area contributed by atoms with E-state index in [1.54, 1.807) is 24.4 Å². The van der Waals surface area contributed by atoms with E-state index >= 15 is 0 Å². The van der Waals surface area contributed by atoms with Crippen LogP contribution in [0.1, 0.15) is 5.69 Å². The van der Waals surface area contributed by atoms with Crippen molar-refractivity contribution in [3.63, 3.8) is 0 Å². The lowest BCUT2D eigenvalue weighted by Gasteiger charge is -2.08. The van der Waals surface area contributed by atoms with E-state index in [1.165, 1.54) is 12.1 Å². The highest BCUT2D eigenvalue weighted by atomic mass is 19.3. The van der Waals surface area contributed by atoms with Gasteiger partial charge in [0.05, 0.1) is 5.69 Å². The summed E-state index contributed by atoms with van der Waals surface area (Å²) in [6, 6.07) is 7.85. The molecule has 0 aliphatic carbocycles. The maximum atomic E-state index is 12.1. The van der Waals surface area contributed by atoms with Crippen molar-refractivity contribution in [2.75, 3.05) is 5.32 Å². The minimum atomic E-state index is -2.85. The molecule has 0 bridgehead atoms. The fraction of sp³-hybridized carbons (Fsp3) is 0.167. The van der Waals surface area contributed by atoms with Gasteiger partial charge in [-0.1, -0.05) is 6.07 Å².